The normalized spacial score (nSPS) is 10.4. The molecule has 0 saturated heterocycles. The molecule has 0 atom stereocenters. The van der Waals surface area contributed by atoms with Crippen molar-refractivity contribution >= 4 is 49.4 Å². The molecule has 0 saturated carbocycles. The first-order valence-corrected chi connectivity index (χ1v) is 9.40. The number of carboxylic acid groups (broad SMARTS) is 1. The van der Waals surface area contributed by atoms with Crippen LogP contribution >= 0.6 is 31.9 Å². The summed E-state index contributed by atoms with van der Waals surface area (Å²) in [6, 6.07) is 6.41. The van der Waals surface area contributed by atoms with Crippen LogP contribution in [-0.2, 0) is 11.4 Å². The van der Waals surface area contributed by atoms with E-state index in [1.54, 1.807) is 19.2 Å². The van der Waals surface area contributed by atoms with Crippen LogP contribution in [0.1, 0.15) is 21.5 Å². The van der Waals surface area contributed by atoms with E-state index in [4.69, 9.17) is 9.84 Å². The molecule has 0 aliphatic carbocycles. The Hall–Kier alpha value is -2.13. The Labute approximate surface area is 172 Å². The van der Waals surface area contributed by atoms with Crippen molar-refractivity contribution in [3.05, 3.63) is 55.7 Å². The van der Waals surface area contributed by atoms with Crippen LogP contribution < -0.4 is 15.4 Å². The number of ether oxygens (including phenoxy) is 1. The largest absolute Gasteiger partial charge is 0.486 e. The highest BCUT2D eigenvalue weighted by Crippen LogP contribution is 2.35. The molecule has 0 aromatic heterocycles. The smallest absolute Gasteiger partial charge is 0.322 e. The molecule has 9 heteroatoms. The molecule has 0 unspecified atom stereocenters. The van der Waals surface area contributed by atoms with E-state index in [-0.39, 0.29) is 18.0 Å². The van der Waals surface area contributed by atoms with Gasteiger partial charge in [0.1, 0.15) is 18.9 Å². The van der Waals surface area contributed by atoms with Gasteiger partial charge in [-0.25, -0.2) is 4.39 Å². The Morgan fingerprint density at radius 3 is 2.37 bits per heavy atom. The number of anilines is 1. The zero-order chi connectivity index (χ0) is 20.1. The number of carboxylic acids is 1. The van der Waals surface area contributed by atoms with Gasteiger partial charge in [-0.2, -0.15) is 0 Å². The summed E-state index contributed by atoms with van der Waals surface area (Å²) in [5.74, 6) is -1.66. The highest BCUT2D eigenvalue weighted by atomic mass is 79.9. The van der Waals surface area contributed by atoms with Crippen LogP contribution in [0, 0.1) is 12.7 Å². The Bertz CT molecular complexity index is 867. The molecule has 0 spiro atoms. The molecular formula is C18H17Br2FN2O4. The lowest BCUT2D eigenvalue weighted by Gasteiger charge is -2.14. The summed E-state index contributed by atoms with van der Waals surface area (Å²) in [7, 11) is 1.64. The van der Waals surface area contributed by atoms with Gasteiger partial charge >= 0.3 is 5.97 Å². The molecule has 0 heterocycles. The standard InChI is InChI=1S/C18H17Br2FN2O4/c1-9-3-11(16(21)14(4-9)22-2)8-27-17-12(19)5-10(6-13(17)20)18(26)23-7-15(24)25/h3-6,22H,7-8H2,1-2H3,(H,23,26)(H,24,25). The summed E-state index contributed by atoms with van der Waals surface area (Å²) in [5, 5.41) is 13.7. The van der Waals surface area contributed by atoms with E-state index < -0.39 is 18.4 Å². The lowest BCUT2D eigenvalue weighted by atomic mass is 10.1. The van der Waals surface area contributed by atoms with Crippen molar-refractivity contribution < 1.29 is 23.8 Å². The molecule has 2 aromatic rings. The molecule has 0 fully saturated rings. The summed E-state index contributed by atoms with van der Waals surface area (Å²) in [4.78, 5) is 22.5. The predicted octanol–water partition coefficient (Wildman–Crippen LogP) is 4.09. The molecule has 0 radical (unpaired) electrons. The molecule has 2 rings (SSSR count). The monoisotopic (exact) mass is 502 g/mol. The van der Waals surface area contributed by atoms with Crippen LogP contribution in [0.5, 0.6) is 5.75 Å². The average molecular weight is 504 g/mol. The molecule has 0 aliphatic heterocycles. The highest BCUT2D eigenvalue weighted by Gasteiger charge is 2.16. The summed E-state index contributed by atoms with van der Waals surface area (Å²) < 4.78 is 21.1. The minimum atomic E-state index is -1.14. The predicted molar refractivity (Wildman–Crippen MR) is 107 cm³/mol. The van der Waals surface area contributed by atoms with E-state index in [1.807, 2.05) is 6.92 Å². The molecule has 27 heavy (non-hydrogen) atoms. The van der Waals surface area contributed by atoms with Crippen LogP contribution in [0.15, 0.2) is 33.2 Å². The number of hydrogen-bond acceptors (Lipinski definition) is 4. The molecule has 1 amide bonds. The van der Waals surface area contributed by atoms with Gasteiger partial charge in [-0.1, -0.05) is 0 Å². The number of carbonyl (C=O) groups excluding carboxylic acids is 1. The maximum atomic E-state index is 14.4. The van der Waals surface area contributed by atoms with Crippen molar-refractivity contribution in [1.82, 2.24) is 5.32 Å². The fourth-order valence-electron chi connectivity index (χ4n) is 2.37. The number of benzene rings is 2. The summed E-state index contributed by atoms with van der Waals surface area (Å²) in [5.41, 5.74) is 1.92. The Morgan fingerprint density at radius 1 is 1.19 bits per heavy atom. The van der Waals surface area contributed by atoms with Crippen molar-refractivity contribution in [2.45, 2.75) is 13.5 Å². The van der Waals surface area contributed by atoms with Crippen LogP contribution in [0.4, 0.5) is 10.1 Å². The van der Waals surface area contributed by atoms with E-state index in [0.717, 1.165) is 5.56 Å². The zero-order valence-electron chi connectivity index (χ0n) is 14.5. The van der Waals surface area contributed by atoms with Gasteiger partial charge in [-0.05, 0) is 68.6 Å². The van der Waals surface area contributed by atoms with Crippen molar-refractivity contribution in [3.8, 4) is 5.75 Å². The van der Waals surface area contributed by atoms with Crippen LogP contribution in [0.3, 0.4) is 0 Å². The van der Waals surface area contributed by atoms with E-state index in [0.29, 0.717) is 25.9 Å². The van der Waals surface area contributed by atoms with Crippen LogP contribution in [-0.4, -0.2) is 30.6 Å². The first-order valence-electron chi connectivity index (χ1n) is 7.81. The van der Waals surface area contributed by atoms with Gasteiger partial charge in [-0.3, -0.25) is 9.59 Å². The van der Waals surface area contributed by atoms with Gasteiger partial charge in [0.05, 0.1) is 14.6 Å². The van der Waals surface area contributed by atoms with E-state index >= 15 is 0 Å². The topological polar surface area (TPSA) is 87.7 Å². The van der Waals surface area contributed by atoms with Crippen LogP contribution in [0.2, 0.25) is 0 Å². The van der Waals surface area contributed by atoms with Gasteiger partial charge in [0.15, 0.2) is 5.82 Å². The third-order valence-electron chi connectivity index (χ3n) is 3.59. The van der Waals surface area contributed by atoms with E-state index in [2.05, 4.69) is 42.5 Å². The quantitative estimate of drug-likeness (QED) is 0.529. The molecule has 144 valence electrons. The third-order valence-corrected chi connectivity index (χ3v) is 4.77. The van der Waals surface area contributed by atoms with Gasteiger partial charge in [0.25, 0.3) is 5.91 Å². The number of hydrogen-bond donors (Lipinski definition) is 3. The highest BCUT2D eigenvalue weighted by molar-refractivity contribution is 9.11. The van der Waals surface area contributed by atoms with Gasteiger partial charge in [0, 0.05) is 18.2 Å². The fraction of sp³-hybridized carbons (Fsp3) is 0.222. The zero-order valence-corrected chi connectivity index (χ0v) is 17.7. The SMILES string of the molecule is CNc1cc(C)cc(COc2c(Br)cc(C(=O)NCC(=O)O)cc2Br)c1F. The number of aliphatic carboxylic acids is 1. The first-order chi connectivity index (χ1) is 12.7. The average Bonchev–Trinajstić information content (AvgIpc) is 2.61. The molecule has 0 bridgehead atoms. The maximum Gasteiger partial charge on any atom is 0.322 e. The molecule has 0 aliphatic rings. The molecule has 2 aromatic carbocycles. The lowest BCUT2D eigenvalue weighted by Crippen LogP contribution is -2.29. The maximum absolute atomic E-state index is 14.4. The number of nitrogens with one attached hydrogen (secondary N) is 2. The van der Waals surface area contributed by atoms with Gasteiger partial charge < -0.3 is 20.5 Å². The Morgan fingerprint density at radius 2 is 1.81 bits per heavy atom. The fourth-order valence-corrected chi connectivity index (χ4v) is 3.78. The molecular weight excluding hydrogens is 487 g/mol. The summed E-state index contributed by atoms with van der Waals surface area (Å²) in [6.45, 7) is 1.37. The summed E-state index contributed by atoms with van der Waals surface area (Å²) >= 11 is 6.65. The van der Waals surface area contributed by atoms with E-state index in [1.165, 1.54) is 12.1 Å². The van der Waals surface area contributed by atoms with Crippen molar-refractivity contribution in [2.24, 2.45) is 0 Å². The first kappa shape index (κ1) is 21.2. The number of rotatable bonds is 7. The van der Waals surface area contributed by atoms with E-state index in [9.17, 15) is 14.0 Å². The second-order valence-corrected chi connectivity index (χ2v) is 7.38. The minimum Gasteiger partial charge on any atom is -0.486 e. The second kappa shape index (κ2) is 9.18. The number of aryl methyl sites for hydroxylation is 1. The number of halogens is 3. The number of amides is 1. The third kappa shape index (κ3) is 5.43. The van der Waals surface area contributed by atoms with Gasteiger partial charge in [0.2, 0.25) is 0 Å². The minimum absolute atomic E-state index is 0.00997. The molecule has 3 N–H and O–H groups in total. The Balaban J connectivity index is 2.20. The lowest BCUT2D eigenvalue weighted by molar-refractivity contribution is -0.135. The van der Waals surface area contributed by atoms with Crippen LogP contribution in [0.25, 0.3) is 0 Å². The van der Waals surface area contributed by atoms with Crippen molar-refractivity contribution in [2.75, 3.05) is 18.9 Å². The summed E-state index contributed by atoms with van der Waals surface area (Å²) in [6.07, 6.45) is 0. The number of carbonyl (C=O) groups is 2. The van der Waals surface area contributed by atoms with Crippen molar-refractivity contribution in [3.63, 3.8) is 0 Å². The van der Waals surface area contributed by atoms with Crippen molar-refractivity contribution in [1.29, 1.82) is 0 Å². The molecule has 6 nitrogen and oxygen atoms in total. The Kier molecular flexibility index (Phi) is 7.20. The van der Waals surface area contributed by atoms with Gasteiger partial charge in [-0.15, -0.1) is 0 Å². The second-order valence-electron chi connectivity index (χ2n) is 5.67.